The van der Waals surface area contributed by atoms with Crippen molar-refractivity contribution in [2.75, 3.05) is 0 Å². The third-order valence-corrected chi connectivity index (χ3v) is 3.44. The van der Waals surface area contributed by atoms with Gasteiger partial charge in [0.1, 0.15) is 0 Å². The fourth-order valence-electron chi connectivity index (χ4n) is 2.19. The molecule has 0 spiro atoms. The lowest BCUT2D eigenvalue weighted by Gasteiger charge is -2.08. The van der Waals surface area contributed by atoms with Gasteiger partial charge in [-0.25, -0.2) is 0 Å². The van der Waals surface area contributed by atoms with Crippen molar-refractivity contribution in [2.24, 2.45) is 0 Å². The van der Waals surface area contributed by atoms with Gasteiger partial charge in [-0.3, -0.25) is 4.79 Å². The molecule has 0 bridgehead atoms. The minimum Gasteiger partial charge on any atom is -0.481 e. The summed E-state index contributed by atoms with van der Waals surface area (Å²) in [6.07, 6.45) is 18.6. The summed E-state index contributed by atoms with van der Waals surface area (Å²) < 4.78 is 0. The van der Waals surface area contributed by atoms with Crippen molar-refractivity contribution in [3.8, 4) is 0 Å². The number of aliphatic hydroxyl groups is 1. The molecule has 0 saturated heterocycles. The van der Waals surface area contributed by atoms with E-state index in [0.29, 0.717) is 0 Å². The molecular formula is C18H32O3. The molecule has 2 N–H and O–H groups in total. The molecule has 1 atom stereocenters. The van der Waals surface area contributed by atoms with Crippen LogP contribution in [0.15, 0.2) is 24.3 Å². The van der Waals surface area contributed by atoms with Crippen LogP contribution in [0.25, 0.3) is 0 Å². The Hall–Kier alpha value is -1.09. The largest absolute Gasteiger partial charge is 0.481 e. The highest BCUT2D eigenvalue weighted by atomic mass is 16.4. The maximum Gasteiger partial charge on any atom is 0.307 e. The Kier molecular flexibility index (Phi) is 14.5. The zero-order valence-corrected chi connectivity index (χ0v) is 13.5. The smallest absolute Gasteiger partial charge is 0.307 e. The van der Waals surface area contributed by atoms with E-state index in [1.54, 1.807) is 6.08 Å². The number of rotatable bonds is 14. The van der Waals surface area contributed by atoms with Crippen molar-refractivity contribution in [3.63, 3.8) is 0 Å². The molecule has 122 valence electrons. The van der Waals surface area contributed by atoms with E-state index in [1.807, 2.05) is 6.08 Å². The summed E-state index contributed by atoms with van der Waals surface area (Å²) in [6, 6.07) is 0. The molecule has 0 aliphatic heterocycles. The number of aliphatic carboxylic acids is 1. The molecule has 0 aliphatic rings. The van der Waals surface area contributed by atoms with Gasteiger partial charge in [-0.15, -0.1) is 0 Å². The molecule has 0 rings (SSSR count). The Labute approximate surface area is 129 Å². The van der Waals surface area contributed by atoms with E-state index in [0.717, 1.165) is 44.9 Å². The second-order valence-corrected chi connectivity index (χ2v) is 5.53. The highest BCUT2D eigenvalue weighted by molar-refractivity contribution is 5.68. The van der Waals surface area contributed by atoms with Gasteiger partial charge in [0, 0.05) is 0 Å². The van der Waals surface area contributed by atoms with Gasteiger partial charge in [0.15, 0.2) is 0 Å². The Balaban J connectivity index is 3.26. The maximum atomic E-state index is 10.3. The van der Waals surface area contributed by atoms with Crippen LogP contribution in [0.2, 0.25) is 0 Å². The second kappa shape index (κ2) is 15.3. The van der Waals surface area contributed by atoms with Gasteiger partial charge in [-0.05, 0) is 38.5 Å². The first-order valence-electron chi connectivity index (χ1n) is 8.36. The van der Waals surface area contributed by atoms with Crippen molar-refractivity contribution in [1.82, 2.24) is 0 Å². The zero-order chi connectivity index (χ0) is 15.8. The number of aliphatic hydroxyl groups excluding tert-OH is 1. The zero-order valence-electron chi connectivity index (χ0n) is 13.5. The fraction of sp³-hybridized carbons (Fsp3) is 0.722. The van der Waals surface area contributed by atoms with Gasteiger partial charge in [0.05, 0.1) is 12.5 Å². The lowest BCUT2D eigenvalue weighted by molar-refractivity contribution is -0.136. The van der Waals surface area contributed by atoms with Gasteiger partial charge in [0.2, 0.25) is 0 Å². The minimum atomic E-state index is -0.769. The van der Waals surface area contributed by atoms with Crippen molar-refractivity contribution in [2.45, 2.75) is 83.7 Å². The van der Waals surface area contributed by atoms with Crippen LogP contribution in [0.5, 0.6) is 0 Å². The molecular weight excluding hydrogens is 264 g/mol. The number of carboxylic acid groups (broad SMARTS) is 1. The van der Waals surface area contributed by atoms with Crippen molar-refractivity contribution < 1.29 is 15.0 Å². The molecule has 0 fully saturated rings. The second-order valence-electron chi connectivity index (χ2n) is 5.53. The van der Waals surface area contributed by atoms with Crippen LogP contribution < -0.4 is 0 Å². The molecule has 0 radical (unpaired) electrons. The van der Waals surface area contributed by atoms with Crippen molar-refractivity contribution >= 4 is 5.97 Å². The average molecular weight is 296 g/mol. The third kappa shape index (κ3) is 16.9. The highest BCUT2D eigenvalue weighted by Gasteiger charge is 2.02. The van der Waals surface area contributed by atoms with Crippen molar-refractivity contribution in [3.05, 3.63) is 24.3 Å². The van der Waals surface area contributed by atoms with Gasteiger partial charge in [-0.2, -0.15) is 0 Å². The van der Waals surface area contributed by atoms with Crippen LogP contribution in [0.4, 0.5) is 0 Å². The molecule has 0 amide bonds. The van der Waals surface area contributed by atoms with Crippen LogP contribution in [0, 0.1) is 0 Å². The molecule has 0 aromatic carbocycles. The average Bonchev–Trinajstić information content (AvgIpc) is 2.45. The summed E-state index contributed by atoms with van der Waals surface area (Å²) in [4.78, 5) is 10.3. The van der Waals surface area contributed by atoms with E-state index < -0.39 is 5.97 Å². The standard InChI is InChI=1S/C18H32O3/c1-2-3-4-11-14-17(19)15-12-9-7-5-6-8-10-13-16-18(20)21/h3-4,10,13,17,19H,2,5-9,11-12,14-16H2,1H3,(H,20,21)/b4-3?,13-10-. The van der Waals surface area contributed by atoms with Crippen LogP contribution in [0.1, 0.15) is 77.6 Å². The van der Waals surface area contributed by atoms with Crippen LogP contribution in [-0.2, 0) is 4.79 Å². The summed E-state index contributed by atoms with van der Waals surface area (Å²) in [7, 11) is 0. The molecule has 0 saturated carbocycles. The van der Waals surface area contributed by atoms with Crippen LogP contribution >= 0.6 is 0 Å². The third-order valence-electron chi connectivity index (χ3n) is 3.44. The topological polar surface area (TPSA) is 57.5 Å². The minimum absolute atomic E-state index is 0.130. The number of carboxylic acids is 1. The Bertz CT molecular complexity index is 295. The number of unbranched alkanes of at least 4 members (excludes halogenated alkanes) is 5. The van der Waals surface area contributed by atoms with Gasteiger partial charge >= 0.3 is 5.97 Å². The van der Waals surface area contributed by atoms with E-state index in [1.165, 1.54) is 19.3 Å². The maximum absolute atomic E-state index is 10.3. The molecule has 21 heavy (non-hydrogen) atoms. The molecule has 0 heterocycles. The van der Waals surface area contributed by atoms with E-state index in [-0.39, 0.29) is 12.5 Å². The predicted octanol–water partition coefficient (Wildman–Crippen LogP) is 4.86. The first kappa shape index (κ1) is 19.9. The SMILES string of the molecule is CCC=CCCC(O)CCCCCCC/C=C\CC(=O)O. The van der Waals surface area contributed by atoms with Crippen LogP contribution in [-0.4, -0.2) is 22.3 Å². The summed E-state index contributed by atoms with van der Waals surface area (Å²) in [6.45, 7) is 2.12. The number of allylic oxidation sites excluding steroid dienone is 3. The lowest BCUT2D eigenvalue weighted by atomic mass is 10.0. The normalized spacial score (nSPS) is 13.2. The molecule has 0 aliphatic carbocycles. The lowest BCUT2D eigenvalue weighted by Crippen LogP contribution is -2.05. The summed E-state index contributed by atoms with van der Waals surface area (Å²) in [5, 5.41) is 18.3. The van der Waals surface area contributed by atoms with Gasteiger partial charge in [-0.1, -0.05) is 56.9 Å². The first-order chi connectivity index (χ1) is 10.2. The summed E-state index contributed by atoms with van der Waals surface area (Å²) in [5.41, 5.74) is 0. The number of hydrogen-bond donors (Lipinski definition) is 2. The quantitative estimate of drug-likeness (QED) is 0.355. The molecule has 0 aromatic rings. The Morgan fingerprint density at radius 2 is 1.57 bits per heavy atom. The summed E-state index contributed by atoms with van der Waals surface area (Å²) in [5.74, 6) is -0.769. The summed E-state index contributed by atoms with van der Waals surface area (Å²) >= 11 is 0. The molecule has 0 aromatic heterocycles. The Morgan fingerprint density at radius 1 is 0.905 bits per heavy atom. The first-order valence-corrected chi connectivity index (χ1v) is 8.36. The fourth-order valence-corrected chi connectivity index (χ4v) is 2.19. The van der Waals surface area contributed by atoms with E-state index in [2.05, 4.69) is 19.1 Å². The van der Waals surface area contributed by atoms with E-state index in [9.17, 15) is 9.90 Å². The van der Waals surface area contributed by atoms with Crippen molar-refractivity contribution in [1.29, 1.82) is 0 Å². The molecule has 1 unspecified atom stereocenters. The van der Waals surface area contributed by atoms with E-state index in [4.69, 9.17) is 5.11 Å². The Morgan fingerprint density at radius 3 is 2.29 bits per heavy atom. The molecule has 3 nitrogen and oxygen atoms in total. The highest BCUT2D eigenvalue weighted by Crippen LogP contribution is 2.12. The number of hydrogen-bond acceptors (Lipinski definition) is 2. The predicted molar refractivity (Wildman–Crippen MR) is 88.4 cm³/mol. The molecule has 3 heteroatoms. The van der Waals surface area contributed by atoms with E-state index >= 15 is 0 Å². The van der Waals surface area contributed by atoms with Gasteiger partial charge < -0.3 is 10.2 Å². The van der Waals surface area contributed by atoms with Crippen LogP contribution in [0.3, 0.4) is 0 Å². The monoisotopic (exact) mass is 296 g/mol. The van der Waals surface area contributed by atoms with Gasteiger partial charge in [0.25, 0.3) is 0 Å². The number of carbonyl (C=O) groups is 1.